The number of hydrogen-bond donors (Lipinski definition) is 1. The van der Waals surface area contributed by atoms with Gasteiger partial charge in [-0.3, -0.25) is 9.69 Å². The van der Waals surface area contributed by atoms with E-state index in [4.69, 9.17) is 0 Å². The number of likely N-dealkylation sites (tertiary alicyclic amines) is 1. The van der Waals surface area contributed by atoms with Crippen LogP contribution in [0.2, 0.25) is 0 Å². The predicted molar refractivity (Wildman–Crippen MR) is 81.3 cm³/mol. The fourth-order valence-electron chi connectivity index (χ4n) is 2.29. The Morgan fingerprint density at radius 1 is 1.42 bits per heavy atom. The summed E-state index contributed by atoms with van der Waals surface area (Å²) in [4.78, 5) is 14.3. The highest BCUT2D eigenvalue weighted by Crippen LogP contribution is 2.18. The first kappa shape index (κ1) is 14.5. The zero-order valence-corrected chi connectivity index (χ0v) is 13.1. The lowest BCUT2D eigenvalue weighted by molar-refractivity contribution is -0.123. The molecular formula is C15H21BrN2O. The summed E-state index contributed by atoms with van der Waals surface area (Å²) in [6.45, 7) is 6.69. The normalized spacial score (nSPS) is 20.5. The number of carbonyl (C=O) groups is 1. The Hall–Kier alpha value is -0.870. The average molecular weight is 325 g/mol. The van der Waals surface area contributed by atoms with Gasteiger partial charge in [0.2, 0.25) is 5.91 Å². The molecule has 1 unspecified atom stereocenters. The first-order valence-electron chi connectivity index (χ1n) is 6.71. The molecule has 1 aromatic rings. The lowest BCUT2D eigenvalue weighted by Crippen LogP contribution is -2.44. The number of benzene rings is 1. The maximum atomic E-state index is 11.9. The Kier molecular flexibility index (Phi) is 4.63. The number of carbonyl (C=O) groups excluding carboxylic acids is 1. The molecule has 1 aliphatic heterocycles. The number of alkyl halides is 1. The standard InChI is InChI=1S/C15H21BrN2O/c1-15(2,16)14(19)17-13-8-9-18(11-13)10-12-6-4-3-5-7-12/h3-7,13H,8-11H2,1-2H3,(H,17,19). The summed E-state index contributed by atoms with van der Waals surface area (Å²) in [7, 11) is 0. The molecule has 104 valence electrons. The predicted octanol–water partition coefficient (Wildman–Crippen LogP) is 2.55. The van der Waals surface area contributed by atoms with Gasteiger partial charge >= 0.3 is 0 Å². The molecule has 0 radical (unpaired) electrons. The summed E-state index contributed by atoms with van der Waals surface area (Å²) >= 11 is 3.39. The van der Waals surface area contributed by atoms with Crippen molar-refractivity contribution in [2.45, 2.75) is 37.2 Å². The van der Waals surface area contributed by atoms with E-state index < -0.39 is 4.32 Å². The van der Waals surface area contributed by atoms with Gasteiger partial charge in [-0.2, -0.15) is 0 Å². The van der Waals surface area contributed by atoms with Crippen LogP contribution in [0.25, 0.3) is 0 Å². The Morgan fingerprint density at radius 3 is 2.74 bits per heavy atom. The van der Waals surface area contributed by atoms with Gasteiger partial charge in [0.15, 0.2) is 0 Å². The van der Waals surface area contributed by atoms with Gasteiger partial charge < -0.3 is 5.32 Å². The second kappa shape index (κ2) is 6.06. The molecule has 19 heavy (non-hydrogen) atoms. The largest absolute Gasteiger partial charge is 0.351 e. The van der Waals surface area contributed by atoms with Gasteiger partial charge in [0.25, 0.3) is 0 Å². The molecule has 0 bridgehead atoms. The molecule has 3 nitrogen and oxygen atoms in total. The van der Waals surface area contributed by atoms with Crippen molar-refractivity contribution in [3.8, 4) is 0 Å². The minimum atomic E-state index is -0.486. The summed E-state index contributed by atoms with van der Waals surface area (Å²) in [5.74, 6) is 0.0686. The molecule has 0 spiro atoms. The molecule has 1 heterocycles. The lowest BCUT2D eigenvalue weighted by atomic mass is 10.1. The van der Waals surface area contributed by atoms with Crippen LogP contribution < -0.4 is 5.32 Å². The van der Waals surface area contributed by atoms with E-state index in [2.05, 4.69) is 50.4 Å². The van der Waals surface area contributed by atoms with Crippen LogP contribution in [-0.4, -0.2) is 34.3 Å². The van der Waals surface area contributed by atoms with E-state index in [1.54, 1.807) is 0 Å². The van der Waals surface area contributed by atoms with E-state index in [9.17, 15) is 4.79 Å². The number of nitrogens with one attached hydrogen (secondary N) is 1. The number of rotatable bonds is 4. The molecule has 4 heteroatoms. The van der Waals surface area contributed by atoms with Crippen LogP contribution in [0.5, 0.6) is 0 Å². The molecule has 0 aromatic heterocycles. The smallest absolute Gasteiger partial charge is 0.236 e. The quantitative estimate of drug-likeness (QED) is 0.863. The molecular weight excluding hydrogens is 304 g/mol. The van der Waals surface area contributed by atoms with Gasteiger partial charge in [-0.05, 0) is 25.8 Å². The second-order valence-electron chi connectivity index (χ2n) is 5.65. The molecule has 1 aromatic carbocycles. The van der Waals surface area contributed by atoms with E-state index in [0.29, 0.717) is 0 Å². The van der Waals surface area contributed by atoms with Crippen molar-refractivity contribution < 1.29 is 4.79 Å². The molecule has 1 saturated heterocycles. The average Bonchev–Trinajstić information content (AvgIpc) is 2.76. The summed E-state index contributed by atoms with van der Waals surface area (Å²) in [6, 6.07) is 10.7. The molecule has 1 N–H and O–H groups in total. The Labute approximate surface area is 123 Å². The molecule has 2 rings (SSSR count). The van der Waals surface area contributed by atoms with Gasteiger partial charge in [-0.15, -0.1) is 0 Å². The van der Waals surface area contributed by atoms with Crippen molar-refractivity contribution in [2.24, 2.45) is 0 Å². The van der Waals surface area contributed by atoms with Crippen LogP contribution in [0, 0.1) is 0 Å². The van der Waals surface area contributed by atoms with Crippen molar-refractivity contribution in [1.29, 1.82) is 0 Å². The van der Waals surface area contributed by atoms with Gasteiger partial charge in [0.05, 0.1) is 4.32 Å². The number of hydrogen-bond acceptors (Lipinski definition) is 2. The zero-order valence-electron chi connectivity index (χ0n) is 11.5. The summed E-state index contributed by atoms with van der Waals surface area (Å²) in [5.41, 5.74) is 1.33. The first-order valence-corrected chi connectivity index (χ1v) is 7.50. The van der Waals surface area contributed by atoms with Crippen LogP contribution in [0.4, 0.5) is 0 Å². The minimum absolute atomic E-state index is 0.0686. The maximum absolute atomic E-state index is 11.9. The van der Waals surface area contributed by atoms with Crippen molar-refractivity contribution in [1.82, 2.24) is 10.2 Å². The SMILES string of the molecule is CC(C)(Br)C(=O)NC1CCN(Cc2ccccc2)C1. The van der Waals surface area contributed by atoms with E-state index >= 15 is 0 Å². The first-order chi connectivity index (χ1) is 8.95. The fraction of sp³-hybridized carbons (Fsp3) is 0.533. The highest BCUT2D eigenvalue weighted by molar-refractivity contribution is 9.10. The van der Waals surface area contributed by atoms with Gasteiger partial charge in [0, 0.05) is 25.7 Å². The second-order valence-corrected chi connectivity index (χ2v) is 7.63. The third-order valence-electron chi connectivity index (χ3n) is 3.40. The Bertz CT molecular complexity index is 428. The third kappa shape index (κ3) is 4.32. The summed E-state index contributed by atoms with van der Waals surface area (Å²) < 4.78 is -0.486. The van der Waals surface area contributed by atoms with Crippen molar-refractivity contribution in [2.75, 3.05) is 13.1 Å². The highest BCUT2D eigenvalue weighted by Gasteiger charge is 2.29. The molecule has 1 amide bonds. The molecule has 0 saturated carbocycles. The minimum Gasteiger partial charge on any atom is -0.351 e. The summed E-state index contributed by atoms with van der Waals surface area (Å²) in [5, 5.41) is 3.11. The highest BCUT2D eigenvalue weighted by atomic mass is 79.9. The van der Waals surface area contributed by atoms with E-state index in [1.807, 2.05) is 19.9 Å². The third-order valence-corrected chi connectivity index (χ3v) is 3.76. The lowest BCUT2D eigenvalue weighted by Gasteiger charge is -2.21. The summed E-state index contributed by atoms with van der Waals surface area (Å²) in [6.07, 6.45) is 1.03. The molecule has 1 atom stereocenters. The van der Waals surface area contributed by atoms with E-state index in [-0.39, 0.29) is 11.9 Å². The molecule has 1 aliphatic rings. The fourth-order valence-corrected chi connectivity index (χ4v) is 2.41. The van der Waals surface area contributed by atoms with Crippen molar-refractivity contribution in [3.63, 3.8) is 0 Å². The topological polar surface area (TPSA) is 32.3 Å². The zero-order chi connectivity index (χ0) is 13.9. The van der Waals surface area contributed by atoms with Gasteiger partial charge in [-0.1, -0.05) is 46.3 Å². The van der Waals surface area contributed by atoms with Gasteiger partial charge in [0.1, 0.15) is 0 Å². The van der Waals surface area contributed by atoms with Gasteiger partial charge in [-0.25, -0.2) is 0 Å². The molecule has 0 aliphatic carbocycles. The van der Waals surface area contributed by atoms with E-state index in [0.717, 1.165) is 26.1 Å². The maximum Gasteiger partial charge on any atom is 0.236 e. The van der Waals surface area contributed by atoms with Crippen LogP contribution in [0.1, 0.15) is 25.8 Å². The number of halogens is 1. The Balaban J connectivity index is 1.82. The van der Waals surface area contributed by atoms with Crippen LogP contribution in [0.15, 0.2) is 30.3 Å². The number of nitrogens with zero attached hydrogens (tertiary/aromatic N) is 1. The number of amides is 1. The van der Waals surface area contributed by atoms with Crippen LogP contribution in [-0.2, 0) is 11.3 Å². The van der Waals surface area contributed by atoms with Crippen molar-refractivity contribution in [3.05, 3.63) is 35.9 Å². The monoisotopic (exact) mass is 324 g/mol. The van der Waals surface area contributed by atoms with Crippen LogP contribution in [0.3, 0.4) is 0 Å². The van der Waals surface area contributed by atoms with Crippen molar-refractivity contribution >= 4 is 21.8 Å². The Morgan fingerprint density at radius 2 is 2.11 bits per heavy atom. The van der Waals surface area contributed by atoms with Crippen LogP contribution >= 0.6 is 15.9 Å². The molecule has 1 fully saturated rings. The van der Waals surface area contributed by atoms with E-state index in [1.165, 1.54) is 5.56 Å².